The normalized spacial score (nSPS) is 20.3. The first-order valence-electron chi connectivity index (χ1n) is 5.75. The molecule has 6 nitrogen and oxygen atoms in total. The summed E-state index contributed by atoms with van der Waals surface area (Å²) in [5.41, 5.74) is 6.23. The fourth-order valence-electron chi connectivity index (χ4n) is 2.26. The summed E-state index contributed by atoms with van der Waals surface area (Å²) in [7, 11) is 1.73. The van der Waals surface area contributed by atoms with Crippen LogP contribution in [0.5, 0.6) is 0 Å². The van der Waals surface area contributed by atoms with Crippen LogP contribution >= 0.6 is 0 Å². The largest absolute Gasteiger partial charge is 0.396 e. The van der Waals surface area contributed by atoms with Crippen molar-refractivity contribution in [1.29, 1.82) is 5.26 Å². The topological polar surface area (TPSA) is 91.1 Å². The van der Waals surface area contributed by atoms with Crippen LogP contribution in [0, 0.1) is 17.2 Å². The van der Waals surface area contributed by atoms with Crippen molar-refractivity contribution in [1.82, 2.24) is 9.78 Å². The quantitative estimate of drug-likeness (QED) is 0.757. The van der Waals surface area contributed by atoms with E-state index in [1.165, 1.54) is 4.68 Å². The number of anilines is 2. The van der Waals surface area contributed by atoms with Crippen LogP contribution in [0.15, 0.2) is 0 Å². The number of aliphatic hydroxyl groups excluding tert-OH is 1. The third-order valence-electron chi connectivity index (χ3n) is 3.26. The zero-order chi connectivity index (χ0) is 12.4. The van der Waals surface area contributed by atoms with Gasteiger partial charge in [-0.25, -0.2) is 4.68 Å². The minimum Gasteiger partial charge on any atom is -0.396 e. The zero-order valence-electron chi connectivity index (χ0n) is 9.93. The standard InChI is InChI=1S/C11H17N5O/c1-15-10(13)9(5-12)11(14-15)16-4-2-3-8(6-16)7-17/h8,17H,2-4,6-7,13H2,1H3. The van der Waals surface area contributed by atoms with E-state index in [9.17, 15) is 5.11 Å². The number of hydrogen-bond acceptors (Lipinski definition) is 5. The maximum absolute atomic E-state index is 9.20. The molecule has 1 fully saturated rings. The van der Waals surface area contributed by atoms with Crippen molar-refractivity contribution in [2.24, 2.45) is 13.0 Å². The van der Waals surface area contributed by atoms with Crippen molar-refractivity contribution in [3.05, 3.63) is 5.56 Å². The fraction of sp³-hybridized carbons (Fsp3) is 0.636. The molecule has 1 atom stereocenters. The molecule has 0 aromatic carbocycles. The van der Waals surface area contributed by atoms with Gasteiger partial charge < -0.3 is 15.7 Å². The number of nitriles is 1. The monoisotopic (exact) mass is 235 g/mol. The van der Waals surface area contributed by atoms with Gasteiger partial charge in [-0.15, -0.1) is 0 Å². The summed E-state index contributed by atoms with van der Waals surface area (Å²) < 4.78 is 1.52. The Morgan fingerprint density at radius 2 is 2.41 bits per heavy atom. The highest BCUT2D eigenvalue weighted by Crippen LogP contribution is 2.27. The predicted molar refractivity (Wildman–Crippen MR) is 64.4 cm³/mol. The Bertz CT molecular complexity index is 447. The van der Waals surface area contributed by atoms with Crippen LogP contribution in [0.2, 0.25) is 0 Å². The highest BCUT2D eigenvalue weighted by molar-refractivity contribution is 5.65. The number of aliphatic hydroxyl groups is 1. The molecule has 6 heteroatoms. The van der Waals surface area contributed by atoms with Crippen LogP contribution in [0.4, 0.5) is 11.6 Å². The number of nitrogen functional groups attached to an aromatic ring is 1. The smallest absolute Gasteiger partial charge is 0.170 e. The lowest BCUT2D eigenvalue weighted by atomic mass is 9.99. The average Bonchev–Trinajstić information content (AvgIpc) is 2.65. The lowest BCUT2D eigenvalue weighted by Gasteiger charge is -2.32. The lowest BCUT2D eigenvalue weighted by molar-refractivity contribution is 0.208. The molecule has 3 N–H and O–H groups in total. The van der Waals surface area contributed by atoms with Gasteiger partial charge >= 0.3 is 0 Å². The number of nitrogens with two attached hydrogens (primary N) is 1. The Morgan fingerprint density at radius 1 is 1.65 bits per heavy atom. The van der Waals surface area contributed by atoms with Crippen LogP contribution in [0.1, 0.15) is 18.4 Å². The van der Waals surface area contributed by atoms with Gasteiger partial charge in [-0.05, 0) is 18.8 Å². The van der Waals surface area contributed by atoms with Gasteiger partial charge in [0.1, 0.15) is 17.5 Å². The van der Waals surface area contributed by atoms with Crippen molar-refractivity contribution >= 4 is 11.6 Å². The van der Waals surface area contributed by atoms with Crippen LogP contribution in [0.25, 0.3) is 0 Å². The predicted octanol–water partition coefficient (Wildman–Crippen LogP) is 0.0827. The van der Waals surface area contributed by atoms with E-state index in [0.29, 0.717) is 17.2 Å². The molecule has 17 heavy (non-hydrogen) atoms. The number of piperidine rings is 1. The molecule has 0 radical (unpaired) electrons. The van der Waals surface area contributed by atoms with Crippen molar-refractivity contribution in [3.63, 3.8) is 0 Å². The molecule has 1 aliphatic heterocycles. The molecule has 1 aromatic rings. The summed E-state index contributed by atoms with van der Waals surface area (Å²) in [6, 6.07) is 2.10. The minimum atomic E-state index is 0.181. The fourth-order valence-corrected chi connectivity index (χ4v) is 2.26. The highest BCUT2D eigenvalue weighted by Gasteiger charge is 2.25. The van der Waals surface area contributed by atoms with Crippen LogP contribution in [-0.4, -0.2) is 34.6 Å². The van der Waals surface area contributed by atoms with Crippen molar-refractivity contribution in [2.75, 3.05) is 30.3 Å². The summed E-state index contributed by atoms with van der Waals surface area (Å²) in [4.78, 5) is 2.04. The van der Waals surface area contributed by atoms with Crippen LogP contribution in [-0.2, 0) is 7.05 Å². The Hall–Kier alpha value is -1.74. The van der Waals surface area contributed by atoms with E-state index in [2.05, 4.69) is 11.2 Å². The number of rotatable bonds is 2. The van der Waals surface area contributed by atoms with Crippen molar-refractivity contribution < 1.29 is 5.11 Å². The highest BCUT2D eigenvalue weighted by atomic mass is 16.3. The molecule has 0 bridgehead atoms. The molecule has 92 valence electrons. The number of aryl methyl sites for hydroxylation is 1. The first-order valence-corrected chi connectivity index (χ1v) is 5.75. The SMILES string of the molecule is Cn1nc(N2CCCC(CO)C2)c(C#N)c1N. The van der Waals surface area contributed by atoms with Gasteiger partial charge in [-0.1, -0.05) is 0 Å². The molecule has 1 aliphatic rings. The van der Waals surface area contributed by atoms with Gasteiger partial charge in [-0.3, -0.25) is 0 Å². The third kappa shape index (κ3) is 2.06. The van der Waals surface area contributed by atoms with Crippen LogP contribution in [0.3, 0.4) is 0 Å². The summed E-state index contributed by atoms with van der Waals surface area (Å²) in [5, 5.41) is 22.6. The molecule has 0 saturated carbocycles. The molecule has 0 spiro atoms. The molecule has 1 aromatic heterocycles. The summed E-state index contributed by atoms with van der Waals surface area (Å²) in [6.45, 7) is 1.78. The Labute approximate surface area is 100 Å². The summed E-state index contributed by atoms with van der Waals surface area (Å²) >= 11 is 0. The van der Waals surface area contributed by atoms with Gasteiger partial charge in [0.2, 0.25) is 0 Å². The van der Waals surface area contributed by atoms with E-state index in [-0.39, 0.29) is 12.5 Å². The first kappa shape index (κ1) is 11.7. The molecular formula is C11H17N5O. The van der Waals surface area contributed by atoms with E-state index in [1.54, 1.807) is 7.05 Å². The summed E-state index contributed by atoms with van der Waals surface area (Å²) in [6.07, 6.45) is 2.03. The average molecular weight is 235 g/mol. The van der Waals surface area contributed by atoms with E-state index < -0.39 is 0 Å². The Balaban J connectivity index is 2.28. The van der Waals surface area contributed by atoms with Gasteiger partial charge in [-0.2, -0.15) is 10.4 Å². The number of nitrogens with zero attached hydrogens (tertiary/aromatic N) is 4. The Kier molecular flexibility index (Phi) is 3.20. The van der Waals surface area contributed by atoms with Crippen molar-refractivity contribution in [3.8, 4) is 6.07 Å². The molecule has 0 amide bonds. The zero-order valence-corrected chi connectivity index (χ0v) is 9.93. The third-order valence-corrected chi connectivity index (χ3v) is 3.26. The van der Waals surface area contributed by atoms with E-state index >= 15 is 0 Å². The molecule has 1 unspecified atom stereocenters. The second-order valence-corrected chi connectivity index (χ2v) is 4.46. The number of aromatic nitrogens is 2. The van der Waals surface area contributed by atoms with Gasteiger partial charge in [0, 0.05) is 26.7 Å². The minimum absolute atomic E-state index is 0.181. The summed E-state index contributed by atoms with van der Waals surface area (Å²) in [5.74, 6) is 1.30. The maximum Gasteiger partial charge on any atom is 0.170 e. The van der Waals surface area contributed by atoms with Gasteiger partial charge in [0.05, 0.1) is 0 Å². The second kappa shape index (κ2) is 4.63. The van der Waals surface area contributed by atoms with Crippen molar-refractivity contribution in [2.45, 2.75) is 12.8 Å². The second-order valence-electron chi connectivity index (χ2n) is 4.46. The van der Waals surface area contributed by atoms with E-state index in [1.807, 2.05) is 4.90 Å². The Morgan fingerprint density at radius 3 is 3.06 bits per heavy atom. The molecular weight excluding hydrogens is 218 g/mol. The van der Waals surface area contributed by atoms with Gasteiger partial charge in [0.25, 0.3) is 0 Å². The maximum atomic E-state index is 9.20. The molecule has 2 rings (SSSR count). The van der Waals surface area contributed by atoms with Crippen LogP contribution < -0.4 is 10.6 Å². The number of hydrogen-bond donors (Lipinski definition) is 2. The molecule has 0 aliphatic carbocycles. The lowest BCUT2D eigenvalue weighted by Crippen LogP contribution is -2.37. The first-order chi connectivity index (χ1) is 8.17. The van der Waals surface area contributed by atoms with E-state index in [0.717, 1.165) is 25.9 Å². The van der Waals surface area contributed by atoms with Gasteiger partial charge in [0.15, 0.2) is 5.82 Å². The van der Waals surface area contributed by atoms with E-state index in [4.69, 9.17) is 11.0 Å². The molecule has 2 heterocycles. The molecule has 1 saturated heterocycles.